The van der Waals surface area contributed by atoms with E-state index in [1.807, 2.05) is 0 Å². The van der Waals surface area contributed by atoms with Gasteiger partial charge in [0.15, 0.2) is 0 Å². The predicted molar refractivity (Wildman–Crippen MR) is 61.8 cm³/mol. The van der Waals surface area contributed by atoms with E-state index in [0.717, 1.165) is 17.3 Å². The minimum atomic E-state index is 0. The minimum Gasteiger partial charge on any atom is -0.316 e. The molecule has 0 aromatic carbocycles. The summed E-state index contributed by atoms with van der Waals surface area (Å²) in [6.07, 6.45) is 10.7. The van der Waals surface area contributed by atoms with E-state index in [9.17, 15) is 0 Å². The van der Waals surface area contributed by atoms with E-state index < -0.39 is 0 Å². The number of fused-ring (bicyclic) bond motifs is 2. The zero-order valence-electron chi connectivity index (χ0n) is 8.93. The van der Waals surface area contributed by atoms with Gasteiger partial charge in [0.25, 0.3) is 0 Å². The highest BCUT2D eigenvalue weighted by molar-refractivity contribution is 5.85. The van der Waals surface area contributed by atoms with Crippen LogP contribution in [0.25, 0.3) is 0 Å². The molecule has 0 aromatic heterocycles. The molecule has 1 N–H and O–H groups in total. The molecule has 2 aliphatic heterocycles. The third kappa shape index (κ3) is 1.59. The molecule has 0 unspecified atom stereocenters. The lowest BCUT2D eigenvalue weighted by atomic mass is 9.51. The molecular weight excluding hydrogens is 194 g/mol. The normalized spacial score (nSPS) is 42.4. The van der Waals surface area contributed by atoms with Gasteiger partial charge in [0, 0.05) is 6.54 Å². The molecule has 0 radical (unpaired) electrons. The van der Waals surface area contributed by atoms with Gasteiger partial charge in [-0.05, 0) is 49.5 Å². The van der Waals surface area contributed by atoms with Crippen LogP contribution in [-0.2, 0) is 0 Å². The van der Waals surface area contributed by atoms with Crippen LogP contribution in [0, 0.1) is 17.3 Å². The van der Waals surface area contributed by atoms with Crippen molar-refractivity contribution in [3.05, 3.63) is 0 Å². The molecule has 2 bridgehead atoms. The number of hydrogen-bond acceptors (Lipinski definition) is 1. The van der Waals surface area contributed by atoms with E-state index in [1.165, 1.54) is 45.2 Å². The predicted octanol–water partition coefficient (Wildman–Crippen LogP) is 2.99. The lowest BCUT2D eigenvalue weighted by Gasteiger charge is -2.57. The Morgan fingerprint density at radius 2 is 1.71 bits per heavy atom. The van der Waals surface area contributed by atoms with Gasteiger partial charge < -0.3 is 5.32 Å². The maximum atomic E-state index is 3.62. The highest BCUT2D eigenvalue weighted by Crippen LogP contribution is 2.56. The maximum Gasteiger partial charge on any atom is 0.00108 e. The Bertz CT molecular complexity index is 187. The van der Waals surface area contributed by atoms with E-state index >= 15 is 0 Å². The highest BCUT2D eigenvalue weighted by atomic mass is 35.5. The number of piperidine rings is 2. The van der Waals surface area contributed by atoms with Crippen molar-refractivity contribution < 1.29 is 0 Å². The molecule has 1 nitrogen and oxygen atoms in total. The van der Waals surface area contributed by atoms with Crippen LogP contribution >= 0.6 is 12.4 Å². The fraction of sp³-hybridized carbons (Fsp3) is 1.00. The van der Waals surface area contributed by atoms with Gasteiger partial charge >= 0.3 is 0 Å². The quantitative estimate of drug-likeness (QED) is 0.709. The minimum absolute atomic E-state index is 0. The van der Waals surface area contributed by atoms with Crippen LogP contribution in [0.2, 0.25) is 0 Å². The van der Waals surface area contributed by atoms with Crippen molar-refractivity contribution in [2.45, 2.75) is 44.9 Å². The fourth-order valence-corrected chi connectivity index (χ4v) is 4.10. The lowest BCUT2D eigenvalue weighted by Crippen LogP contribution is -2.58. The summed E-state index contributed by atoms with van der Waals surface area (Å²) in [6, 6.07) is 0. The first-order valence-electron chi connectivity index (χ1n) is 6.10. The zero-order valence-corrected chi connectivity index (χ0v) is 9.74. The Hall–Kier alpha value is 0.250. The molecule has 0 spiro atoms. The third-order valence-electron chi connectivity index (χ3n) is 4.77. The van der Waals surface area contributed by atoms with Crippen molar-refractivity contribution in [3.8, 4) is 0 Å². The number of halogens is 1. The van der Waals surface area contributed by atoms with Crippen molar-refractivity contribution in [1.29, 1.82) is 0 Å². The molecule has 0 amide bonds. The standard InChI is InChI=1S/C12H21N.ClH/c1-2-4-11(5-3-1)12-6-10(7-12)8-13-9-12;/h10-11,13H,1-9H2;1H. The second-order valence-electron chi connectivity index (χ2n) is 5.60. The summed E-state index contributed by atoms with van der Waals surface area (Å²) in [6.45, 7) is 2.66. The van der Waals surface area contributed by atoms with Crippen molar-refractivity contribution in [2.24, 2.45) is 17.3 Å². The average molecular weight is 216 g/mol. The average Bonchev–Trinajstić information content (AvgIpc) is 2.19. The summed E-state index contributed by atoms with van der Waals surface area (Å²) < 4.78 is 0. The number of rotatable bonds is 1. The molecule has 2 saturated heterocycles. The summed E-state index contributed by atoms with van der Waals surface area (Å²) in [5, 5.41) is 3.62. The van der Waals surface area contributed by atoms with Crippen LogP contribution in [0.3, 0.4) is 0 Å². The molecule has 2 heteroatoms. The second kappa shape index (κ2) is 4.02. The molecule has 2 aliphatic carbocycles. The Balaban J connectivity index is 0.000000750. The van der Waals surface area contributed by atoms with Gasteiger partial charge in [0.2, 0.25) is 0 Å². The maximum absolute atomic E-state index is 3.62. The first kappa shape index (κ1) is 10.8. The molecule has 2 saturated carbocycles. The molecule has 2 heterocycles. The van der Waals surface area contributed by atoms with E-state index in [0.29, 0.717) is 0 Å². The lowest BCUT2D eigenvalue weighted by molar-refractivity contribution is -0.0530. The van der Waals surface area contributed by atoms with E-state index in [4.69, 9.17) is 0 Å². The summed E-state index contributed by atoms with van der Waals surface area (Å²) in [4.78, 5) is 0. The largest absolute Gasteiger partial charge is 0.316 e. The number of hydrogen-bond donors (Lipinski definition) is 1. The zero-order chi connectivity index (χ0) is 8.73. The molecule has 0 aromatic rings. The first-order chi connectivity index (χ1) is 6.39. The molecular formula is C12H22ClN. The van der Waals surface area contributed by atoms with Crippen LogP contribution in [0.5, 0.6) is 0 Å². The smallest absolute Gasteiger partial charge is 0.00108 e. The van der Waals surface area contributed by atoms with Crippen LogP contribution in [0.1, 0.15) is 44.9 Å². The van der Waals surface area contributed by atoms with E-state index in [-0.39, 0.29) is 12.4 Å². The molecule has 0 atom stereocenters. The van der Waals surface area contributed by atoms with Gasteiger partial charge in [-0.15, -0.1) is 12.4 Å². The Labute approximate surface area is 93.4 Å². The molecule has 82 valence electrons. The topological polar surface area (TPSA) is 12.0 Å². The molecule has 4 fully saturated rings. The van der Waals surface area contributed by atoms with Gasteiger partial charge in [0.05, 0.1) is 0 Å². The van der Waals surface area contributed by atoms with Crippen molar-refractivity contribution in [2.75, 3.05) is 13.1 Å². The van der Waals surface area contributed by atoms with Crippen molar-refractivity contribution in [1.82, 2.24) is 5.32 Å². The van der Waals surface area contributed by atoms with Crippen molar-refractivity contribution >= 4 is 12.4 Å². The van der Waals surface area contributed by atoms with Gasteiger partial charge in [-0.25, -0.2) is 0 Å². The summed E-state index contributed by atoms with van der Waals surface area (Å²) in [5.74, 6) is 2.14. The monoisotopic (exact) mass is 215 g/mol. The molecule has 4 aliphatic rings. The SMILES string of the molecule is C1CCC(C23CNCC(C2)C3)CC1.Cl. The third-order valence-corrected chi connectivity index (χ3v) is 4.77. The summed E-state index contributed by atoms with van der Waals surface area (Å²) in [7, 11) is 0. The highest BCUT2D eigenvalue weighted by Gasteiger charge is 2.51. The summed E-state index contributed by atoms with van der Waals surface area (Å²) in [5.41, 5.74) is 0.781. The molecule has 14 heavy (non-hydrogen) atoms. The van der Waals surface area contributed by atoms with Crippen LogP contribution in [0.4, 0.5) is 0 Å². The second-order valence-corrected chi connectivity index (χ2v) is 5.60. The van der Waals surface area contributed by atoms with Gasteiger partial charge in [0.1, 0.15) is 0 Å². The Morgan fingerprint density at radius 3 is 2.29 bits per heavy atom. The summed E-state index contributed by atoms with van der Waals surface area (Å²) >= 11 is 0. The Kier molecular flexibility index (Phi) is 3.09. The van der Waals surface area contributed by atoms with Crippen LogP contribution in [0.15, 0.2) is 0 Å². The van der Waals surface area contributed by atoms with Crippen molar-refractivity contribution in [3.63, 3.8) is 0 Å². The molecule has 4 rings (SSSR count). The Morgan fingerprint density at radius 1 is 1.00 bits per heavy atom. The van der Waals surface area contributed by atoms with Gasteiger partial charge in [-0.2, -0.15) is 0 Å². The number of nitrogens with one attached hydrogen (secondary N) is 1. The first-order valence-corrected chi connectivity index (χ1v) is 6.10. The fourth-order valence-electron chi connectivity index (χ4n) is 4.10. The van der Waals surface area contributed by atoms with Gasteiger partial charge in [-0.1, -0.05) is 19.3 Å². The van der Waals surface area contributed by atoms with E-state index in [2.05, 4.69) is 5.32 Å². The van der Waals surface area contributed by atoms with Crippen LogP contribution in [-0.4, -0.2) is 13.1 Å². The van der Waals surface area contributed by atoms with E-state index in [1.54, 1.807) is 12.8 Å². The van der Waals surface area contributed by atoms with Crippen LogP contribution < -0.4 is 5.32 Å². The van der Waals surface area contributed by atoms with Gasteiger partial charge in [-0.3, -0.25) is 0 Å².